The lowest BCUT2D eigenvalue weighted by molar-refractivity contribution is -0.136. The summed E-state index contributed by atoms with van der Waals surface area (Å²) < 4.78 is 11.7. The summed E-state index contributed by atoms with van der Waals surface area (Å²) in [6.07, 6.45) is 1.60. The van der Waals surface area contributed by atoms with E-state index in [1.165, 1.54) is 0 Å². The molecule has 29 heavy (non-hydrogen) atoms. The number of nitrogens with two attached hydrogens (primary N) is 1. The van der Waals surface area contributed by atoms with E-state index in [9.17, 15) is 4.79 Å². The molecule has 5 nitrogen and oxygen atoms in total. The molecule has 0 aliphatic rings. The highest BCUT2D eigenvalue weighted by atomic mass is 16.5. The molecule has 4 rings (SSSR count). The first-order valence-electron chi connectivity index (χ1n) is 9.36. The molecule has 3 aromatic carbocycles. The molecular formula is C24H21NO4. The molecule has 0 aliphatic carbocycles. The maximum Gasteiger partial charge on any atom is 0.307 e. The SMILES string of the molecule is NCc1cccc(-c2cc(COc3ccccc3CC(=O)O)cc3ccoc23)c1. The summed E-state index contributed by atoms with van der Waals surface area (Å²) in [5, 5.41) is 10.1. The number of carboxylic acids is 1. The molecule has 3 N–H and O–H groups in total. The third-order valence-corrected chi connectivity index (χ3v) is 4.79. The topological polar surface area (TPSA) is 85.7 Å². The summed E-state index contributed by atoms with van der Waals surface area (Å²) in [6.45, 7) is 0.791. The molecule has 0 fully saturated rings. The van der Waals surface area contributed by atoms with E-state index in [4.69, 9.17) is 20.0 Å². The summed E-state index contributed by atoms with van der Waals surface area (Å²) in [4.78, 5) is 11.1. The van der Waals surface area contributed by atoms with Crippen molar-refractivity contribution in [1.29, 1.82) is 0 Å². The van der Waals surface area contributed by atoms with Gasteiger partial charge in [-0.2, -0.15) is 0 Å². The van der Waals surface area contributed by atoms with E-state index in [1.807, 2.05) is 48.5 Å². The second-order valence-electron chi connectivity index (χ2n) is 6.85. The third-order valence-electron chi connectivity index (χ3n) is 4.79. The van der Waals surface area contributed by atoms with Gasteiger partial charge < -0.3 is 20.0 Å². The molecule has 0 amide bonds. The molecule has 5 heteroatoms. The molecule has 0 bridgehead atoms. The minimum atomic E-state index is -0.886. The van der Waals surface area contributed by atoms with E-state index in [1.54, 1.807) is 18.4 Å². The smallest absolute Gasteiger partial charge is 0.307 e. The first-order chi connectivity index (χ1) is 14.1. The van der Waals surface area contributed by atoms with Crippen LogP contribution < -0.4 is 10.5 Å². The molecule has 0 radical (unpaired) electrons. The Kier molecular flexibility index (Phi) is 5.31. The van der Waals surface area contributed by atoms with E-state index < -0.39 is 5.97 Å². The van der Waals surface area contributed by atoms with Crippen LogP contribution in [-0.2, 0) is 24.4 Å². The zero-order valence-corrected chi connectivity index (χ0v) is 15.8. The number of furan rings is 1. The number of ether oxygens (including phenoxy) is 1. The summed E-state index contributed by atoms with van der Waals surface area (Å²) in [5.74, 6) is -0.309. The Bertz CT molecular complexity index is 1160. The van der Waals surface area contributed by atoms with Gasteiger partial charge in [-0.25, -0.2) is 0 Å². The van der Waals surface area contributed by atoms with E-state index in [2.05, 4.69) is 6.07 Å². The molecule has 0 atom stereocenters. The van der Waals surface area contributed by atoms with Crippen molar-refractivity contribution in [3.8, 4) is 16.9 Å². The van der Waals surface area contributed by atoms with Crippen LogP contribution in [0.2, 0.25) is 0 Å². The number of benzene rings is 3. The number of hydrogen-bond donors (Lipinski definition) is 2. The van der Waals surface area contributed by atoms with Crippen LogP contribution in [0.1, 0.15) is 16.7 Å². The van der Waals surface area contributed by atoms with Crippen LogP contribution in [-0.4, -0.2) is 11.1 Å². The molecular weight excluding hydrogens is 366 g/mol. The fourth-order valence-corrected chi connectivity index (χ4v) is 3.42. The summed E-state index contributed by atoms with van der Waals surface area (Å²) in [5.41, 5.74) is 11.3. The Balaban J connectivity index is 1.67. The van der Waals surface area contributed by atoms with E-state index in [0.29, 0.717) is 24.5 Å². The first kappa shape index (κ1) is 18.8. The van der Waals surface area contributed by atoms with E-state index in [0.717, 1.165) is 33.2 Å². The highest BCUT2D eigenvalue weighted by Crippen LogP contribution is 2.32. The number of carbonyl (C=O) groups is 1. The van der Waals surface area contributed by atoms with Crippen molar-refractivity contribution in [1.82, 2.24) is 0 Å². The Morgan fingerprint density at radius 1 is 1.00 bits per heavy atom. The summed E-state index contributed by atoms with van der Waals surface area (Å²) in [7, 11) is 0. The number of rotatable bonds is 7. The number of fused-ring (bicyclic) bond motifs is 1. The van der Waals surface area contributed by atoms with Crippen molar-refractivity contribution < 1.29 is 19.1 Å². The van der Waals surface area contributed by atoms with E-state index in [-0.39, 0.29) is 6.42 Å². The molecule has 1 aromatic heterocycles. The van der Waals surface area contributed by atoms with Gasteiger partial charge in [-0.05, 0) is 47.0 Å². The lowest BCUT2D eigenvalue weighted by Crippen LogP contribution is -2.04. The molecule has 0 unspecified atom stereocenters. The summed E-state index contributed by atoms with van der Waals surface area (Å²) >= 11 is 0. The van der Waals surface area contributed by atoms with Crippen molar-refractivity contribution in [2.75, 3.05) is 0 Å². The highest BCUT2D eigenvalue weighted by molar-refractivity contribution is 5.93. The monoisotopic (exact) mass is 387 g/mol. The highest BCUT2D eigenvalue weighted by Gasteiger charge is 2.12. The Morgan fingerprint density at radius 3 is 2.69 bits per heavy atom. The largest absolute Gasteiger partial charge is 0.489 e. The molecule has 4 aromatic rings. The zero-order valence-electron chi connectivity index (χ0n) is 15.8. The average molecular weight is 387 g/mol. The second kappa shape index (κ2) is 8.20. The van der Waals surface area contributed by atoms with Crippen LogP contribution in [0.25, 0.3) is 22.1 Å². The third kappa shape index (κ3) is 4.15. The first-order valence-corrected chi connectivity index (χ1v) is 9.36. The van der Waals surface area contributed by atoms with Crippen molar-refractivity contribution in [2.45, 2.75) is 19.6 Å². The van der Waals surface area contributed by atoms with Gasteiger partial charge in [0.05, 0.1) is 12.7 Å². The lowest BCUT2D eigenvalue weighted by atomic mass is 9.99. The van der Waals surface area contributed by atoms with Crippen LogP contribution in [0.4, 0.5) is 0 Å². The molecule has 0 saturated carbocycles. The van der Waals surface area contributed by atoms with Gasteiger partial charge in [0.25, 0.3) is 0 Å². The Morgan fingerprint density at radius 2 is 1.86 bits per heavy atom. The van der Waals surface area contributed by atoms with Gasteiger partial charge in [-0.15, -0.1) is 0 Å². The zero-order chi connectivity index (χ0) is 20.2. The standard InChI is InChI=1S/C24H21NO4/c25-14-16-4-3-6-18(10-16)21-12-17(11-20-8-9-28-24(20)21)15-29-22-7-2-1-5-19(22)13-23(26)27/h1-12H,13-15,25H2,(H,26,27). The predicted octanol–water partition coefficient (Wildman–Crippen LogP) is 4.76. The van der Waals surface area contributed by atoms with Crippen molar-refractivity contribution in [3.05, 3.63) is 89.7 Å². The van der Waals surface area contributed by atoms with Crippen molar-refractivity contribution in [2.24, 2.45) is 5.73 Å². The lowest BCUT2D eigenvalue weighted by Gasteiger charge is -2.12. The number of para-hydroxylation sites is 1. The maximum absolute atomic E-state index is 11.1. The molecule has 0 aliphatic heterocycles. The van der Waals surface area contributed by atoms with Crippen LogP contribution in [0.15, 0.2) is 77.4 Å². The summed E-state index contributed by atoms with van der Waals surface area (Å²) in [6, 6.07) is 21.3. The van der Waals surface area contributed by atoms with Gasteiger partial charge in [0, 0.05) is 23.1 Å². The van der Waals surface area contributed by atoms with Crippen molar-refractivity contribution >= 4 is 16.9 Å². The number of carboxylic acid groups (broad SMARTS) is 1. The molecule has 0 saturated heterocycles. The fourth-order valence-electron chi connectivity index (χ4n) is 3.42. The molecule has 146 valence electrons. The van der Waals surface area contributed by atoms with Crippen LogP contribution in [0.5, 0.6) is 5.75 Å². The minimum Gasteiger partial charge on any atom is -0.489 e. The van der Waals surface area contributed by atoms with Crippen LogP contribution in [0.3, 0.4) is 0 Å². The average Bonchev–Trinajstić information content (AvgIpc) is 3.21. The molecule has 0 spiro atoms. The Hall–Kier alpha value is -3.57. The minimum absolute atomic E-state index is 0.0753. The number of aliphatic carboxylic acids is 1. The van der Waals surface area contributed by atoms with Gasteiger partial charge in [0.2, 0.25) is 0 Å². The van der Waals surface area contributed by atoms with Gasteiger partial charge in [-0.1, -0.05) is 36.4 Å². The van der Waals surface area contributed by atoms with Crippen molar-refractivity contribution in [3.63, 3.8) is 0 Å². The maximum atomic E-state index is 11.1. The normalized spacial score (nSPS) is 10.9. The van der Waals surface area contributed by atoms with Gasteiger partial charge >= 0.3 is 5.97 Å². The van der Waals surface area contributed by atoms with Crippen LogP contribution >= 0.6 is 0 Å². The van der Waals surface area contributed by atoms with Gasteiger partial charge in [0.15, 0.2) is 0 Å². The predicted molar refractivity (Wildman–Crippen MR) is 112 cm³/mol. The van der Waals surface area contributed by atoms with Gasteiger partial charge in [0.1, 0.15) is 17.9 Å². The Labute approximate surface area is 168 Å². The quantitative estimate of drug-likeness (QED) is 0.477. The van der Waals surface area contributed by atoms with Gasteiger partial charge in [-0.3, -0.25) is 4.79 Å². The second-order valence-corrected chi connectivity index (χ2v) is 6.85. The van der Waals surface area contributed by atoms with E-state index >= 15 is 0 Å². The number of hydrogen-bond acceptors (Lipinski definition) is 4. The fraction of sp³-hybridized carbons (Fsp3) is 0.125. The molecule has 1 heterocycles. The van der Waals surface area contributed by atoms with Crippen LogP contribution in [0, 0.1) is 0 Å².